The zero-order chi connectivity index (χ0) is 31.3. The summed E-state index contributed by atoms with van der Waals surface area (Å²) in [6.45, 7) is 3.51. The van der Waals surface area contributed by atoms with E-state index in [4.69, 9.17) is 18.9 Å². The summed E-state index contributed by atoms with van der Waals surface area (Å²) in [5.74, 6) is 1.07. The van der Waals surface area contributed by atoms with Gasteiger partial charge in [0, 0.05) is 18.5 Å². The number of ether oxygens (including phenoxy) is 4. The number of rotatable bonds is 11. The molecule has 1 fully saturated rings. The van der Waals surface area contributed by atoms with Gasteiger partial charge in [-0.3, -0.25) is 9.36 Å². The van der Waals surface area contributed by atoms with Crippen LogP contribution in [0.25, 0.3) is 0 Å². The third kappa shape index (κ3) is 6.37. The molecule has 1 aliphatic heterocycles. The maximum Gasteiger partial charge on any atom is 0.351 e. The molecule has 10 nitrogen and oxygen atoms in total. The number of hydrogen-bond acceptors (Lipinski definition) is 8. The van der Waals surface area contributed by atoms with Crippen molar-refractivity contribution < 1.29 is 28.8 Å². The minimum Gasteiger partial charge on any atom is -0.497 e. The second-order valence-electron chi connectivity index (χ2n) is 10.9. The summed E-state index contributed by atoms with van der Waals surface area (Å²) in [5, 5.41) is 13.7. The summed E-state index contributed by atoms with van der Waals surface area (Å²) >= 11 is 0. The van der Waals surface area contributed by atoms with Crippen molar-refractivity contribution in [3.63, 3.8) is 0 Å². The van der Waals surface area contributed by atoms with Crippen molar-refractivity contribution in [3.05, 3.63) is 118 Å². The molecular weight excluding hydrogens is 562 g/mol. The maximum absolute atomic E-state index is 12.9. The molecule has 1 aromatic heterocycles. The largest absolute Gasteiger partial charge is 0.497 e. The Morgan fingerprint density at radius 1 is 0.955 bits per heavy atom. The summed E-state index contributed by atoms with van der Waals surface area (Å²) in [7, 11) is 3.23. The van der Waals surface area contributed by atoms with E-state index in [0.717, 1.165) is 16.7 Å². The van der Waals surface area contributed by atoms with Crippen LogP contribution in [0.15, 0.2) is 95.9 Å². The lowest BCUT2D eigenvalue weighted by atomic mass is 9.80. The van der Waals surface area contributed by atoms with Gasteiger partial charge < -0.3 is 29.4 Å². The molecule has 5 rings (SSSR count). The van der Waals surface area contributed by atoms with Crippen molar-refractivity contribution in [2.75, 3.05) is 26.1 Å². The predicted molar refractivity (Wildman–Crippen MR) is 165 cm³/mol. The van der Waals surface area contributed by atoms with Crippen LogP contribution in [0.2, 0.25) is 0 Å². The Bertz CT molecular complexity index is 1560. The lowest BCUT2D eigenvalue weighted by molar-refractivity contribution is -0.118. The topological polar surface area (TPSA) is 121 Å². The van der Waals surface area contributed by atoms with Crippen molar-refractivity contribution in [3.8, 4) is 11.5 Å². The van der Waals surface area contributed by atoms with Crippen LogP contribution in [0.3, 0.4) is 0 Å². The van der Waals surface area contributed by atoms with E-state index in [0.29, 0.717) is 11.5 Å². The van der Waals surface area contributed by atoms with Crippen molar-refractivity contribution in [1.29, 1.82) is 0 Å². The fraction of sp³-hybridized carbons (Fsp3) is 0.324. The van der Waals surface area contributed by atoms with Gasteiger partial charge in [0.25, 0.3) is 0 Å². The normalized spacial score (nSPS) is 18.3. The summed E-state index contributed by atoms with van der Waals surface area (Å²) < 4.78 is 25.2. The van der Waals surface area contributed by atoms with E-state index in [1.165, 1.54) is 16.8 Å². The Labute approximate surface area is 256 Å². The number of carbonyl (C=O) groups excluding carboxylic acids is 1. The van der Waals surface area contributed by atoms with E-state index in [-0.39, 0.29) is 30.7 Å². The summed E-state index contributed by atoms with van der Waals surface area (Å²) in [5.41, 5.74) is 0.880. The molecule has 2 N–H and O–H groups in total. The molecule has 3 aromatic carbocycles. The fourth-order valence-corrected chi connectivity index (χ4v) is 5.29. The number of aliphatic hydroxyl groups is 1. The van der Waals surface area contributed by atoms with Gasteiger partial charge in [0.05, 0.1) is 26.9 Å². The highest BCUT2D eigenvalue weighted by Crippen LogP contribution is 2.42. The molecule has 0 bridgehead atoms. The van der Waals surface area contributed by atoms with Crippen molar-refractivity contribution in [2.24, 2.45) is 5.92 Å². The van der Waals surface area contributed by atoms with Crippen LogP contribution >= 0.6 is 0 Å². The van der Waals surface area contributed by atoms with Crippen LogP contribution in [0.5, 0.6) is 11.5 Å². The van der Waals surface area contributed by atoms with Crippen LogP contribution in [0, 0.1) is 5.92 Å². The number of aromatic nitrogens is 2. The summed E-state index contributed by atoms with van der Waals surface area (Å²) in [6, 6.07) is 26.7. The lowest BCUT2D eigenvalue weighted by Gasteiger charge is -2.37. The van der Waals surface area contributed by atoms with Gasteiger partial charge in [-0.25, -0.2) is 4.79 Å². The van der Waals surface area contributed by atoms with E-state index in [1.54, 1.807) is 28.1 Å². The molecule has 2 heterocycles. The minimum atomic E-state index is -1.09. The quantitative estimate of drug-likeness (QED) is 0.242. The number of hydrogen-bond donors (Lipinski definition) is 2. The monoisotopic (exact) mass is 599 g/mol. The highest BCUT2D eigenvalue weighted by atomic mass is 16.6. The standard InChI is InChI=1S/C34H37N3O7/c1-22(2)32(39)35-30-18-19-37(33(40)36-30)31-20-28(38)29(44-31)21-43-34(23-8-6-5-7-9-23,24-10-14-26(41-3)15-11-24)25-12-16-27(42-4)17-13-25/h5-19,22,28-29,31,38H,20-21H2,1-4H3,(H,35,36,39,40)/t28-,29+,31+/m1/s1. The Balaban J connectivity index is 1.45. The van der Waals surface area contributed by atoms with Gasteiger partial charge in [-0.2, -0.15) is 4.98 Å². The van der Waals surface area contributed by atoms with Gasteiger partial charge in [-0.05, 0) is 47.0 Å². The number of methoxy groups -OCH3 is 2. The van der Waals surface area contributed by atoms with E-state index in [2.05, 4.69) is 10.3 Å². The Hall–Kier alpha value is -4.51. The Kier molecular flexibility index (Phi) is 9.43. The first-order valence-corrected chi connectivity index (χ1v) is 14.5. The zero-order valence-electron chi connectivity index (χ0n) is 25.2. The molecule has 1 aliphatic rings. The van der Waals surface area contributed by atoms with Gasteiger partial charge in [0.1, 0.15) is 35.2 Å². The molecule has 0 saturated carbocycles. The third-order valence-electron chi connectivity index (χ3n) is 7.76. The summed E-state index contributed by atoms with van der Waals surface area (Å²) in [6.07, 6.45) is -0.744. The van der Waals surface area contributed by atoms with Gasteiger partial charge >= 0.3 is 5.69 Å². The van der Waals surface area contributed by atoms with Crippen LogP contribution in [0.1, 0.15) is 43.2 Å². The van der Waals surface area contributed by atoms with E-state index >= 15 is 0 Å². The third-order valence-corrected chi connectivity index (χ3v) is 7.76. The molecule has 10 heteroatoms. The van der Waals surface area contributed by atoms with Crippen LogP contribution < -0.4 is 20.5 Å². The van der Waals surface area contributed by atoms with Crippen molar-refractivity contribution in [1.82, 2.24) is 9.55 Å². The molecule has 230 valence electrons. The number of carbonyl (C=O) groups is 1. The average molecular weight is 600 g/mol. The number of aliphatic hydroxyl groups excluding tert-OH is 1. The molecule has 3 atom stereocenters. The van der Waals surface area contributed by atoms with Gasteiger partial charge in [0.15, 0.2) is 0 Å². The second kappa shape index (κ2) is 13.4. The maximum atomic E-state index is 12.9. The molecule has 0 unspecified atom stereocenters. The number of anilines is 1. The van der Waals surface area contributed by atoms with E-state index in [9.17, 15) is 14.7 Å². The number of nitrogens with zero attached hydrogens (tertiary/aromatic N) is 2. The molecular formula is C34H37N3O7. The van der Waals surface area contributed by atoms with Gasteiger partial charge in [0.2, 0.25) is 5.91 Å². The highest BCUT2D eigenvalue weighted by molar-refractivity contribution is 5.91. The Morgan fingerprint density at radius 3 is 2.05 bits per heavy atom. The molecule has 1 amide bonds. The predicted octanol–water partition coefficient (Wildman–Crippen LogP) is 4.51. The number of benzene rings is 3. The molecule has 0 spiro atoms. The smallest absolute Gasteiger partial charge is 0.351 e. The molecule has 1 saturated heterocycles. The van der Waals surface area contributed by atoms with Crippen molar-refractivity contribution >= 4 is 11.7 Å². The minimum absolute atomic E-state index is 0.00925. The molecule has 0 aliphatic carbocycles. The summed E-state index contributed by atoms with van der Waals surface area (Å²) in [4.78, 5) is 28.9. The lowest BCUT2D eigenvalue weighted by Crippen LogP contribution is -2.38. The van der Waals surface area contributed by atoms with Crippen LogP contribution in [0.4, 0.5) is 5.82 Å². The average Bonchev–Trinajstić information content (AvgIpc) is 3.42. The van der Waals surface area contributed by atoms with Gasteiger partial charge in [-0.15, -0.1) is 0 Å². The molecule has 44 heavy (non-hydrogen) atoms. The number of nitrogens with one attached hydrogen (secondary N) is 1. The van der Waals surface area contributed by atoms with Gasteiger partial charge in [-0.1, -0.05) is 68.4 Å². The van der Waals surface area contributed by atoms with Crippen LogP contribution in [-0.4, -0.2) is 53.6 Å². The number of amides is 1. The SMILES string of the molecule is COc1ccc(C(OC[C@@H]2O[C@H](n3ccc(NC(=O)C(C)C)nc3=O)C[C@H]2O)(c2ccccc2)c2ccc(OC)cc2)cc1. The molecule has 4 aromatic rings. The zero-order valence-corrected chi connectivity index (χ0v) is 25.2. The first kappa shape index (κ1) is 30.9. The van der Waals surface area contributed by atoms with E-state index in [1.807, 2.05) is 78.9 Å². The highest BCUT2D eigenvalue weighted by Gasteiger charge is 2.42. The fourth-order valence-electron chi connectivity index (χ4n) is 5.29. The second-order valence-corrected chi connectivity index (χ2v) is 10.9. The van der Waals surface area contributed by atoms with Crippen LogP contribution in [-0.2, 0) is 19.9 Å². The van der Waals surface area contributed by atoms with E-state index < -0.39 is 29.7 Å². The molecule has 0 radical (unpaired) electrons. The first-order valence-electron chi connectivity index (χ1n) is 14.5. The Morgan fingerprint density at radius 2 is 1.52 bits per heavy atom. The first-order chi connectivity index (χ1) is 21.2. The van der Waals surface area contributed by atoms with Crippen molar-refractivity contribution in [2.45, 2.75) is 44.3 Å².